The van der Waals surface area contributed by atoms with E-state index < -0.39 is 57.5 Å². The summed E-state index contributed by atoms with van der Waals surface area (Å²) in [6, 6.07) is 11.6. The number of fused-ring (bicyclic) bond motifs is 2. The number of nitrogens with one attached hydrogen (secondary N) is 1. The molecule has 0 spiro atoms. The molecule has 0 radical (unpaired) electrons. The molecular formula is C31H32BrN5O8S. The molecule has 46 heavy (non-hydrogen) atoms. The number of nitriles is 1. The summed E-state index contributed by atoms with van der Waals surface area (Å²) >= 11 is 3.56. The van der Waals surface area contributed by atoms with Gasteiger partial charge >= 0.3 is 6.09 Å². The van der Waals surface area contributed by atoms with Gasteiger partial charge in [-0.05, 0) is 61.0 Å². The van der Waals surface area contributed by atoms with Crippen molar-refractivity contribution in [1.82, 2.24) is 10.2 Å². The van der Waals surface area contributed by atoms with Crippen molar-refractivity contribution in [3.05, 3.63) is 64.1 Å². The molecule has 0 aliphatic carbocycles. The topological polar surface area (TPSA) is 177 Å². The molecule has 0 fully saturated rings. The lowest BCUT2D eigenvalue weighted by Crippen LogP contribution is -2.60. The third kappa shape index (κ3) is 6.77. The van der Waals surface area contributed by atoms with Crippen molar-refractivity contribution in [3.63, 3.8) is 0 Å². The highest BCUT2D eigenvalue weighted by Gasteiger charge is 2.43. The van der Waals surface area contributed by atoms with Crippen LogP contribution in [-0.4, -0.2) is 86.5 Å². The second-order valence-corrected chi connectivity index (χ2v) is 13.9. The number of anilines is 2. The molecule has 1 unspecified atom stereocenters. The molecule has 3 aromatic carbocycles. The number of sulfone groups is 1. The number of carboxylic acid groups (broad SMARTS) is 1. The van der Waals surface area contributed by atoms with E-state index in [9.17, 15) is 38.0 Å². The van der Waals surface area contributed by atoms with Gasteiger partial charge in [0.1, 0.15) is 23.6 Å². The van der Waals surface area contributed by atoms with Gasteiger partial charge in [-0.2, -0.15) is 5.26 Å². The van der Waals surface area contributed by atoms with Crippen molar-refractivity contribution in [2.75, 3.05) is 36.0 Å². The van der Waals surface area contributed by atoms with Crippen LogP contribution in [0.5, 0.6) is 5.75 Å². The lowest BCUT2D eigenvalue weighted by Gasteiger charge is -2.33. The zero-order valence-corrected chi connectivity index (χ0v) is 28.0. The number of carbonyl (C=O) groups excluding carboxylic acids is 3. The second kappa shape index (κ2) is 13.4. The molecule has 0 aromatic heterocycles. The van der Waals surface area contributed by atoms with Gasteiger partial charge in [-0.25, -0.2) is 13.2 Å². The van der Waals surface area contributed by atoms with Crippen LogP contribution in [0.4, 0.5) is 16.2 Å². The van der Waals surface area contributed by atoms with E-state index in [0.717, 1.165) is 31.3 Å². The summed E-state index contributed by atoms with van der Waals surface area (Å²) < 4.78 is 31.0. The van der Waals surface area contributed by atoms with Crippen LogP contribution >= 0.6 is 15.9 Å². The van der Waals surface area contributed by atoms with Crippen molar-refractivity contribution < 1.29 is 37.4 Å². The van der Waals surface area contributed by atoms with Crippen LogP contribution in [0, 0.1) is 11.3 Å². The number of hydrogen-bond acceptors (Lipinski definition) is 8. The molecule has 0 saturated heterocycles. The summed E-state index contributed by atoms with van der Waals surface area (Å²) in [7, 11) is -1.17. The molecule has 1 heterocycles. The third-order valence-corrected chi connectivity index (χ3v) is 9.37. The molecule has 4 rings (SSSR count). The van der Waals surface area contributed by atoms with E-state index in [0.29, 0.717) is 11.3 Å². The molecule has 1 aliphatic heterocycles. The van der Waals surface area contributed by atoms with Gasteiger partial charge in [0.25, 0.3) is 5.91 Å². The van der Waals surface area contributed by atoms with Crippen LogP contribution in [-0.2, 0) is 30.8 Å². The second-order valence-electron chi connectivity index (χ2n) is 11.0. The lowest BCUT2D eigenvalue weighted by atomic mass is 10.0. The molecule has 1 aliphatic rings. The summed E-state index contributed by atoms with van der Waals surface area (Å²) in [6.07, 6.45) is -0.481. The fourth-order valence-electron chi connectivity index (χ4n) is 5.37. The Morgan fingerprint density at radius 1 is 1.15 bits per heavy atom. The largest absolute Gasteiger partial charge is 0.496 e. The maximum atomic E-state index is 14.6. The molecule has 13 nitrogen and oxygen atoms in total. The van der Waals surface area contributed by atoms with Crippen LogP contribution in [0.2, 0.25) is 0 Å². The smallest absolute Gasteiger partial charge is 0.407 e. The molecule has 0 saturated carbocycles. The fraction of sp³-hybridized carbons (Fsp3) is 0.323. The number of nitrogens with zero attached hydrogens (tertiary/aromatic N) is 4. The Morgan fingerprint density at radius 2 is 1.85 bits per heavy atom. The number of halogens is 1. The van der Waals surface area contributed by atoms with Gasteiger partial charge in [-0.3, -0.25) is 19.3 Å². The minimum Gasteiger partial charge on any atom is -0.496 e. The first-order chi connectivity index (χ1) is 21.6. The number of ether oxygens (including phenoxy) is 1. The Bertz CT molecular complexity index is 1890. The third-order valence-electron chi connectivity index (χ3n) is 7.90. The summed E-state index contributed by atoms with van der Waals surface area (Å²) in [5, 5.41) is 23.3. The zero-order valence-electron chi connectivity index (χ0n) is 25.6. The molecule has 3 aromatic rings. The van der Waals surface area contributed by atoms with E-state index >= 15 is 0 Å². The first-order valence-electron chi connectivity index (χ1n) is 13.9. The summed E-state index contributed by atoms with van der Waals surface area (Å²) in [5.74, 6) is -2.83. The van der Waals surface area contributed by atoms with Crippen LogP contribution in [0.1, 0.15) is 25.0 Å². The minimum absolute atomic E-state index is 0.0846. The maximum Gasteiger partial charge on any atom is 0.407 e. The summed E-state index contributed by atoms with van der Waals surface area (Å²) in [6.45, 7) is 2.69. The van der Waals surface area contributed by atoms with Gasteiger partial charge in [0.05, 0.1) is 42.7 Å². The number of hydrogen-bond donors (Lipinski definition) is 2. The van der Waals surface area contributed by atoms with Gasteiger partial charge in [0, 0.05) is 23.3 Å². The Kier molecular flexibility index (Phi) is 9.93. The predicted molar refractivity (Wildman–Crippen MR) is 174 cm³/mol. The number of benzene rings is 3. The van der Waals surface area contributed by atoms with E-state index in [-0.39, 0.29) is 23.5 Å². The van der Waals surface area contributed by atoms with Crippen LogP contribution in [0.15, 0.2) is 53.0 Å². The van der Waals surface area contributed by atoms with Gasteiger partial charge in [-0.1, -0.05) is 28.1 Å². The summed E-state index contributed by atoms with van der Waals surface area (Å²) in [5.41, 5.74) is 1.000. The number of carbonyl (C=O) groups is 4. The Morgan fingerprint density at radius 3 is 2.46 bits per heavy atom. The van der Waals surface area contributed by atoms with E-state index in [1.165, 1.54) is 51.1 Å². The van der Waals surface area contributed by atoms with Crippen LogP contribution in [0.3, 0.4) is 0 Å². The molecule has 15 heteroatoms. The molecule has 242 valence electrons. The van der Waals surface area contributed by atoms with E-state index in [2.05, 4.69) is 21.2 Å². The maximum absolute atomic E-state index is 14.6. The van der Waals surface area contributed by atoms with Crippen molar-refractivity contribution in [3.8, 4) is 11.8 Å². The van der Waals surface area contributed by atoms with Gasteiger partial charge in [0.15, 0.2) is 9.84 Å². The normalized spacial score (nSPS) is 17.0. The van der Waals surface area contributed by atoms with E-state index in [1.807, 2.05) is 30.3 Å². The monoisotopic (exact) mass is 713 g/mol. The Balaban J connectivity index is 1.97. The highest BCUT2D eigenvalue weighted by atomic mass is 79.9. The Labute approximate surface area is 274 Å². The molecule has 0 bridgehead atoms. The van der Waals surface area contributed by atoms with Crippen molar-refractivity contribution in [2.24, 2.45) is 0 Å². The predicted octanol–water partition coefficient (Wildman–Crippen LogP) is 3.28. The van der Waals surface area contributed by atoms with E-state index in [4.69, 9.17) is 4.74 Å². The fourth-order valence-corrected chi connectivity index (χ4v) is 6.45. The number of amides is 4. The lowest BCUT2D eigenvalue weighted by molar-refractivity contribution is -0.130. The van der Waals surface area contributed by atoms with E-state index in [1.54, 1.807) is 6.07 Å². The number of rotatable bonds is 8. The number of likely N-dealkylation sites (N-methyl/N-ethyl adjacent to an activating group) is 1. The zero-order chi connectivity index (χ0) is 34.1. The standard InChI is InChI=1S/C31H32BrN5O8S/c1-17-28(34-29(39)18(2)35(3)31(41)42)30(40)36(15-22-20-7-6-8-23(32)21(20)10-12-26(22)45-4)24-11-9-19(14-33)13-25(24)37(17)27(38)16-46(5,43)44/h6-13,17-18,28H,15-16H2,1-5H3,(H,34,39)(H,41,42)/t17-,18?,28-/m0/s1. The molecule has 4 amide bonds. The number of methoxy groups -OCH3 is 1. The van der Waals surface area contributed by atoms with Crippen molar-refractivity contribution >= 4 is 71.7 Å². The average molecular weight is 715 g/mol. The van der Waals surface area contributed by atoms with Crippen LogP contribution in [0.25, 0.3) is 10.8 Å². The van der Waals surface area contributed by atoms with Crippen molar-refractivity contribution in [1.29, 1.82) is 5.26 Å². The molecular weight excluding hydrogens is 682 g/mol. The van der Waals surface area contributed by atoms with Gasteiger partial charge in [0.2, 0.25) is 11.8 Å². The van der Waals surface area contributed by atoms with Crippen molar-refractivity contribution in [2.45, 2.75) is 38.5 Å². The SMILES string of the molecule is COc1ccc2c(Br)cccc2c1CN1C(=O)[C@@H](NC(=O)C(C)N(C)C(=O)O)[C@H](C)N(C(=O)CS(C)(=O)=O)c2cc(C#N)ccc21. The highest BCUT2D eigenvalue weighted by Crippen LogP contribution is 2.40. The Hall–Kier alpha value is -4.68. The summed E-state index contributed by atoms with van der Waals surface area (Å²) in [4.78, 5) is 56.4. The van der Waals surface area contributed by atoms with Gasteiger partial charge < -0.3 is 25.0 Å². The minimum atomic E-state index is -3.85. The van der Waals surface area contributed by atoms with Crippen LogP contribution < -0.4 is 19.9 Å². The quantitative estimate of drug-likeness (QED) is 0.355. The average Bonchev–Trinajstić information content (AvgIpc) is 3.07. The molecule has 3 atom stereocenters. The van der Waals surface area contributed by atoms with Gasteiger partial charge in [-0.15, -0.1) is 0 Å². The first-order valence-corrected chi connectivity index (χ1v) is 16.8. The highest BCUT2D eigenvalue weighted by molar-refractivity contribution is 9.10. The molecule has 2 N–H and O–H groups in total. The first kappa shape index (κ1) is 34.2.